The molecule has 40 heavy (non-hydrogen) atoms. The number of amides is 1. The van der Waals surface area contributed by atoms with Crippen molar-refractivity contribution in [2.45, 2.75) is 6.18 Å². The van der Waals surface area contributed by atoms with Crippen molar-refractivity contribution in [3.8, 4) is 5.75 Å². The van der Waals surface area contributed by atoms with Crippen molar-refractivity contribution in [2.75, 3.05) is 62.9 Å². The number of halogens is 3. The van der Waals surface area contributed by atoms with Gasteiger partial charge >= 0.3 is 12.1 Å². The minimum Gasteiger partial charge on any atom is -0.495 e. The van der Waals surface area contributed by atoms with Crippen LogP contribution in [-0.2, 0) is 4.79 Å². The van der Waals surface area contributed by atoms with E-state index in [1.165, 1.54) is 11.9 Å². The summed E-state index contributed by atoms with van der Waals surface area (Å²) in [7, 11) is 5.32. The minimum absolute atomic E-state index is 0.282. The van der Waals surface area contributed by atoms with E-state index in [2.05, 4.69) is 54.9 Å². The molecule has 0 saturated carbocycles. The molecule has 0 atom stereocenters. The molecule has 0 aliphatic carbocycles. The molecule has 0 bridgehead atoms. The van der Waals surface area contributed by atoms with Crippen LogP contribution >= 0.6 is 0 Å². The summed E-state index contributed by atoms with van der Waals surface area (Å²) in [5.74, 6) is -1.63. The molecule has 1 amide bonds. The molecule has 1 aromatic heterocycles. The van der Waals surface area contributed by atoms with Crippen molar-refractivity contribution in [3.63, 3.8) is 0 Å². The lowest BCUT2D eigenvalue weighted by atomic mass is 10.2. The largest absolute Gasteiger partial charge is 0.495 e. The van der Waals surface area contributed by atoms with Crippen LogP contribution in [0.3, 0.4) is 0 Å². The molecule has 3 aromatic rings. The summed E-state index contributed by atoms with van der Waals surface area (Å²) in [6.07, 6.45) is -3.58. The van der Waals surface area contributed by atoms with E-state index in [0.717, 1.165) is 31.9 Å². The number of piperazine rings is 1. The molecule has 1 aliphatic rings. The highest BCUT2D eigenvalue weighted by molar-refractivity contribution is 5.99. The molecule has 11 nitrogen and oxygen atoms in total. The minimum atomic E-state index is -5.08. The van der Waals surface area contributed by atoms with E-state index in [1.807, 2.05) is 36.4 Å². The lowest BCUT2D eigenvalue weighted by molar-refractivity contribution is -0.192. The number of carbonyl (C=O) groups is 2. The smallest absolute Gasteiger partial charge is 0.490 e. The molecular formula is C26H30F3N7O4. The summed E-state index contributed by atoms with van der Waals surface area (Å²) in [4.78, 5) is 34.9. The lowest BCUT2D eigenvalue weighted by Gasteiger charge is -2.34. The Morgan fingerprint density at radius 1 is 1.00 bits per heavy atom. The van der Waals surface area contributed by atoms with Crippen LogP contribution in [0.4, 0.5) is 42.0 Å². The van der Waals surface area contributed by atoms with Crippen LogP contribution in [0.15, 0.2) is 54.7 Å². The third-order valence-electron chi connectivity index (χ3n) is 5.85. The molecule has 4 N–H and O–H groups in total. The van der Waals surface area contributed by atoms with Gasteiger partial charge < -0.3 is 35.6 Å². The summed E-state index contributed by atoms with van der Waals surface area (Å²) >= 11 is 0. The molecule has 14 heteroatoms. The van der Waals surface area contributed by atoms with Crippen LogP contribution in [0, 0.1) is 0 Å². The van der Waals surface area contributed by atoms with Gasteiger partial charge in [-0.05, 0) is 43.4 Å². The second kappa shape index (κ2) is 13.5. The van der Waals surface area contributed by atoms with E-state index < -0.39 is 12.1 Å². The van der Waals surface area contributed by atoms with Crippen LogP contribution in [0.5, 0.6) is 5.75 Å². The van der Waals surface area contributed by atoms with Crippen LogP contribution in [0.2, 0.25) is 0 Å². The highest BCUT2D eigenvalue weighted by Crippen LogP contribution is 2.29. The standard InChI is InChI=1S/C24H29N7O2.C2HF3O2/c1-25-23(32)19-16-26-24(29-22(19)28-20-6-4-5-7-21(20)33-3)27-17-8-10-18(11-9-17)31-14-12-30(2)13-15-31;3-2(4,5)1(6)7/h4-11,16H,12-15H2,1-3H3,(H,25,32)(H2,26,27,28,29);(H,6,7). The summed E-state index contributed by atoms with van der Waals surface area (Å²) in [6, 6.07) is 15.7. The number of hydrogen-bond acceptors (Lipinski definition) is 9. The molecule has 2 heterocycles. The van der Waals surface area contributed by atoms with Crippen LogP contribution < -0.4 is 25.6 Å². The average molecular weight is 562 g/mol. The number of aliphatic carboxylic acids is 1. The van der Waals surface area contributed by atoms with Gasteiger partial charge in [0.05, 0.1) is 12.8 Å². The van der Waals surface area contributed by atoms with E-state index in [-0.39, 0.29) is 5.91 Å². The van der Waals surface area contributed by atoms with E-state index in [0.29, 0.717) is 28.8 Å². The Morgan fingerprint density at radius 3 is 2.20 bits per heavy atom. The maximum Gasteiger partial charge on any atom is 0.490 e. The van der Waals surface area contributed by atoms with E-state index >= 15 is 0 Å². The number of hydrogen-bond donors (Lipinski definition) is 4. The first kappa shape index (κ1) is 30.0. The molecule has 2 aromatic carbocycles. The highest BCUT2D eigenvalue weighted by Gasteiger charge is 2.38. The van der Waals surface area contributed by atoms with E-state index in [4.69, 9.17) is 14.6 Å². The third-order valence-corrected chi connectivity index (χ3v) is 5.85. The normalized spacial score (nSPS) is 13.5. The number of nitrogens with zero attached hydrogens (tertiary/aromatic N) is 4. The average Bonchev–Trinajstić information content (AvgIpc) is 2.94. The van der Waals surface area contributed by atoms with E-state index in [1.54, 1.807) is 14.2 Å². The monoisotopic (exact) mass is 561 g/mol. The maximum atomic E-state index is 12.4. The van der Waals surface area contributed by atoms with Crippen molar-refractivity contribution in [3.05, 3.63) is 60.3 Å². The van der Waals surface area contributed by atoms with Crippen molar-refractivity contribution >= 4 is 40.7 Å². The van der Waals surface area contributed by atoms with Gasteiger partial charge in [0.25, 0.3) is 5.91 Å². The first-order valence-corrected chi connectivity index (χ1v) is 12.1. The number of carbonyl (C=O) groups excluding carboxylic acids is 1. The summed E-state index contributed by atoms with van der Waals surface area (Å²) < 4.78 is 37.1. The fourth-order valence-corrected chi connectivity index (χ4v) is 3.66. The van der Waals surface area contributed by atoms with Gasteiger partial charge in [-0.1, -0.05) is 12.1 Å². The van der Waals surface area contributed by atoms with Gasteiger partial charge in [-0.15, -0.1) is 0 Å². The second-order valence-corrected chi connectivity index (χ2v) is 8.63. The second-order valence-electron chi connectivity index (χ2n) is 8.63. The molecule has 0 unspecified atom stereocenters. The zero-order valence-electron chi connectivity index (χ0n) is 22.1. The van der Waals surface area contributed by atoms with E-state index in [9.17, 15) is 18.0 Å². The van der Waals surface area contributed by atoms with Crippen LogP contribution in [-0.4, -0.2) is 85.4 Å². The number of ether oxygens (including phenoxy) is 1. The number of para-hydroxylation sites is 2. The Bertz CT molecular complexity index is 1300. The molecular weight excluding hydrogens is 531 g/mol. The zero-order valence-corrected chi connectivity index (χ0v) is 22.1. The fourth-order valence-electron chi connectivity index (χ4n) is 3.66. The first-order valence-electron chi connectivity index (χ1n) is 12.1. The summed E-state index contributed by atoms with van der Waals surface area (Å²) in [5, 5.41) is 16.2. The Balaban J connectivity index is 0.000000559. The Hall–Kier alpha value is -4.59. The van der Waals surface area contributed by atoms with Gasteiger partial charge in [0, 0.05) is 50.8 Å². The number of likely N-dealkylation sites (N-methyl/N-ethyl adjacent to an activating group) is 1. The number of carboxylic acid groups (broad SMARTS) is 1. The summed E-state index contributed by atoms with van der Waals surface area (Å²) in [6.45, 7) is 4.16. The number of alkyl halides is 3. The van der Waals surface area contributed by atoms with Gasteiger partial charge in [-0.3, -0.25) is 4.79 Å². The predicted molar refractivity (Wildman–Crippen MR) is 145 cm³/mol. The molecule has 4 rings (SSSR count). The number of anilines is 5. The number of nitrogens with one attached hydrogen (secondary N) is 3. The Kier molecular flexibility index (Phi) is 10.1. The molecule has 1 saturated heterocycles. The number of benzene rings is 2. The van der Waals surface area contributed by atoms with Crippen molar-refractivity contribution < 1.29 is 32.6 Å². The zero-order chi connectivity index (χ0) is 29.3. The van der Waals surface area contributed by atoms with Crippen molar-refractivity contribution in [2.24, 2.45) is 0 Å². The van der Waals surface area contributed by atoms with Crippen LogP contribution in [0.25, 0.3) is 0 Å². The molecule has 0 radical (unpaired) electrons. The Labute approximate surface area is 229 Å². The Morgan fingerprint density at radius 2 is 1.62 bits per heavy atom. The summed E-state index contributed by atoms with van der Waals surface area (Å²) in [5.41, 5.74) is 3.09. The van der Waals surface area contributed by atoms with Crippen molar-refractivity contribution in [1.29, 1.82) is 0 Å². The number of carboxylic acids is 1. The maximum absolute atomic E-state index is 12.4. The van der Waals surface area contributed by atoms with Gasteiger partial charge in [0.2, 0.25) is 5.95 Å². The number of aromatic nitrogens is 2. The van der Waals surface area contributed by atoms with Gasteiger partial charge in [-0.25, -0.2) is 9.78 Å². The lowest BCUT2D eigenvalue weighted by Crippen LogP contribution is -2.44. The third kappa shape index (κ3) is 8.20. The SMILES string of the molecule is CNC(=O)c1cnc(Nc2ccc(N3CCN(C)CC3)cc2)nc1Nc1ccccc1OC.O=C(O)C(F)(F)F. The molecule has 1 aliphatic heterocycles. The number of methoxy groups -OCH3 is 1. The van der Waals surface area contributed by atoms with Gasteiger partial charge in [0.15, 0.2) is 0 Å². The fraction of sp³-hybridized carbons (Fsp3) is 0.308. The topological polar surface area (TPSA) is 132 Å². The molecule has 214 valence electrons. The molecule has 1 fully saturated rings. The quantitative estimate of drug-likeness (QED) is 0.338. The van der Waals surface area contributed by atoms with Crippen molar-refractivity contribution in [1.82, 2.24) is 20.2 Å². The van der Waals surface area contributed by atoms with Gasteiger partial charge in [0.1, 0.15) is 17.1 Å². The molecule has 0 spiro atoms. The highest BCUT2D eigenvalue weighted by atomic mass is 19.4. The first-order chi connectivity index (χ1) is 19.0. The predicted octanol–water partition coefficient (Wildman–Crippen LogP) is 3.72. The van der Waals surface area contributed by atoms with Crippen LogP contribution in [0.1, 0.15) is 10.4 Å². The van der Waals surface area contributed by atoms with Gasteiger partial charge in [-0.2, -0.15) is 18.2 Å². The number of rotatable bonds is 7.